The van der Waals surface area contributed by atoms with Gasteiger partial charge in [-0.25, -0.2) is 4.68 Å². The lowest BCUT2D eigenvalue weighted by Gasteiger charge is -2.17. The first-order valence-corrected chi connectivity index (χ1v) is 21.0. The van der Waals surface area contributed by atoms with E-state index in [2.05, 4.69) is 208 Å². The maximum Gasteiger partial charge on any atom is 0.121 e. The normalized spacial score (nSPS) is 11.9. The maximum absolute atomic E-state index is 4.81. The maximum atomic E-state index is 4.81. The minimum atomic E-state index is 0.848. The van der Waals surface area contributed by atoms with E-state index in [1.807, 2.05) is 28.9 Å². The second kappa shape index (κ2) is 13.5. The fraction of sp³-hybridized carbons (Fsp3) is 0. The quantitative estimate of drug-likeness (QED) is 0.168. The number of nitrogens with zero attached hydrogens (tertiary/aromatic N) is 6. The molecule has 0 radical (unpaired) electrons. The monoisotopic (exact) mass is 792 g/mol. The molecule has 4 heterocycles. The molecule has 0 aliphatic carbocycles. The van der Waals surface area contributed by atoms with Crippen LogP contribution in [0.4, 0.5) is 0 Å². The third-order valence-electron chi connectivity index (χ3n) is 12.5. The minimum Gasteiger partial charge on any atom is -0.309 e. The topological polar surface area (TPSA) is 45.5 Å². The molecule has 0 N–H and O–H groups in total. The lowest BCUT2D eigenvalue weighted by atomic mass is 10.0. The van der Waals surface area contributed by atoms with Gasteiger partial charge in [-0.3, -0.25) is 0 Å². The molecule has 0 aliphatic rings. The molecule has 13 aromatic rings. The number of hydrogen-bond donors (Lipinski definition) is 0. The Morgan fingerprint density at radius 1 is 0.323 bits per heavy atom. The zero-order valence-corrected chi connectivity index (χ0v) is 33.5. The molecule has 4 aromatic heterocycles. The number of fused-ring (bicyclic) bond motifs is 10. The summed E-state index contributed by atoms with van der Waals surface area (Å²) in [7, 11) is 0. The largest absolute Gasteiger partial charge is 0.309 e. The van der Waals surface area contributed by atoms with Crippen molar-refractivity contribution in [3.8, 4) is 45.3 Å². The van der Waals surface area contributed by atoms with Gasteiger partial charge in [0.25, 0.3) is 0 Å². The van der Waals surface area contributed by atoms with E-state index in [1.54, 1.807) is 0 Å². The smallest absolute Gasteiger partial charge is 0.121 e. The Morgan fingerprint density at radius 3 is 1.52 bits per heavy atom. The van der Waals surface area contributed by atoms with Gasteiger partial charge in [0.2, 0.25) is 0 Å². The van der Waals surface area contributed by atoms with Gasteiger partial charge in [-0.05, 0) is 66.7 Å². The number of benzene rings is 9. The highest BCUT2D eigenvalue weighted by molar-refractivity contribution is 6.26. The van der Waals surface area contributed by atoms with E-state index in [9.17, 15) is 0 Å². The summed E-state index contributed by atoms with van der Waals surface area (Å²) in [6.45, 7) is 0. The van der Waals surface area contributed by atoms with Crippen molar-refractivity contribution in [3.05, 3.63) is 218 Å². The summed E-state index contributed by atoms with van der Waals surface area (Å²) in [5, 5.41) is 16.8. The van der Waals surface area contributed by atoms with Crippen LogP contribution in [-0.2, 0) is 0 Å². The van der Waals surface area contributed by atoms with Crippen LogP contribution in [0.2, 0.25) is 0 Å². The van der Waals surface area contributed by atoms with Crippen molar-refractivity contribution in [3.63, 3.8) is 0 Å². The van der Waals surface area contributed by atoms with E-state index in [-0.39, 0.29) is 0 Å². The van der Waals surface area contributed by atoms with Gasteiger partial charge >= 0.3 is 0 Å². The average molecular weight is 793 g/mol. The molecule has 0 spiro atoms. The van der Waals surface area contributed by atoms with Gasteiger partial charge in [0, 0.05) is 49.1 Å². The molecular formula is C56H36N6. The first-order valence-electron chi connectivity index (χ1n) is 21.0. The molecule has 0 saturated carbocycles. The highest BCUT2D eigenvalue weighted by Crippen LogP contribution is 2.44. The molecule has 62 heavy (non-hydrogen) atoms. The van der Waals surface area contributed by atoms with Gasteiger partial charge in [-0.1, -0.05) is 157 Å². The van der Waals surface area contributed by atoms with Gasteiger partial charge in [-0.15, -0.1) is 5.10 Å². The molecule has 0 aliphatic heterocycles. The zero-order valence-electron chi connectivity index (χ0n) is 33.5. The minimum absolute atomic E-state index is 0.848. The Kier molecular flexibility index (Phi) is 7.50. The van der Waals surface area contributed by atoms with Crippen LogP contribution in [0.15, 0.2) is 218 Å². The molecule has 290 valence electrons. The van der Waals surface area contributed by atoms with Gasteiger partial charge in [0.15, 0.2) is 0 Å². The average Bonchev–Trinajstić information content (AvgIpc) is 4.11. The molecule has 13 rings (SSSR count). The van der Waals surface area contributed by atoms with Crippen molar-refractivity contribution in [1.29, 1.82) is 0 Å². The van der Waals surface area contributed by atoms with Crippen LogP contribution in [0.3, 0.4) is 0 Å². The van der Waals surface area contributed by atoms with Crippen LogP contribution in [-0.4, -0.2) is 28.7 Å². The molecular weight excluding hydrogens is 757 g/mol. The van der Waals surface area contributed by atoms with Crippen LogP contribution in [0, 0.1) is 0 Å². The van der Waals surface area contributed by atoms with Crippen LogP contribution in [0.5, 0.6) is 0 Å². The first kappa shape index (κ1) is 34.4. The molecule has 6 nitrogen and oxygen atoms in total. The van der Waals surface area contributed by atoms with Crippen LogP contribution in [0.25, 0.3) is 111 Å². The fourth-order valence-corrected chi connectivity index (χ4v) is 9.92. The summed E-state index contributed by atoms with van der Waals surface area (Å²) < 4.78 is 9.33. The predicted octanol–water partition coefficient (Wildman–Crippen LogP) is 13.9. The molecule has 0 atom stereocenters. The van der Waals surface area contributed by atoms with E-state index in [0.717, 1.165) is 72.7 Å². The van der Waals surface area contributed by atoms with E-state index in [4.69, 9.17) is 10.3 Å². The summed E-state index contributed by atoms with van der Waals surface area (Å²) >= 11 is 0. The second-order valence-corrected chi connectivity index (χ2v) is 15.9. The van der Waals surface area contributed by atoms with E-state index in [1.165, 1.54) is 38.0 Å². The Labute approximate surface area is 356 Å². The zero-order chi connectivity index (χ0) is 40.7. The second-order valence-electron chi connectivity index (χ2n) is 15.9. The third kappa shape index (κ3) is 4.98. The SMILES string of the molecule is c1ccc(-c2nnn(-c3ccc4c(c3)c3ccccc3n4-c3ccccc3-n3c4ccccc4c4c3ccc3c5ccccc5n(-c5ccccc5)c34)c2-c2ccccc2)cc1. The number of hydrogen-bond acceptors (Lipinski definition) is 2. The number of para-hydroxylation sites is 6. The molecule has 0 amide bonds. The number of rotatable bonds is 6. The highest BCUT2D eigenvalue weighted by Gasteiger charge is 2.24. The van der Waals surface area contributed by atoms with Crippen molar-refractivity contribution < 1.29 is 0 Å². The van der Waals surface area contributed by atoms with Gasteiger partial charge in [0.1, 0.15) is 11.4 Å². The molecule has 6 heteroatoms. The van der Waals surface area contributed by atoms with Crippen LogP contribution in [0.1, 0.15) is 0 Å². The standard InChI is InChI=1S/C56H36N6/c1-4-18-37(19-5-1)54-55(38-20-6-2-7-21-38)62(58-57-54)40-32-34-49-45(36-40)42-25-11-14-28-47(42)60(49)50-30-16-17-31-51(50)61-48-29-15-12-26-44(48)53-52(61)35-33-43-41-24-10-13-27-46(41)59(56(43)53)39-22-8-3-9-23-39/h1-36H. The Balaban J connectivity index is 1.06. The van der Waals surface area contributed by atoms with Crippen molar-refractivity contribution >= 4 is 65.4 Å². The first-order chi connectivity index (χ1) is 30.8. The van der Waals surface area contributed by atoms with Crippen LogP contribution < -0.4 is 0 Å². The van der Waals surface area contributed by atoms with Crippen molar-refractivity contribution in [2.24, 2.45) is 0 Å². The summed E-state index contributed by atoms with van der Waals surface area (Å²) in [5.74, 6) is 0. The van der Waals surface area contributed by atoms with Gasteiger partial charge in [0.05, 0.1) is 50.2 Å². The summed E-state index contributed by atoms with van der Waals surface area (Å²) in [4.78, 5) is 0. The van der Waals surface area contributed by atoms with Crippen molar-refractivity contribution in [1.82, 2.24) is 28.7 Å². The fourth-order valence-electron chi connectivity index (χ4n) is 9.92. The summed E-state index contributed by atoms with van der Waals surface area (Å²) in [6.07, 6.45) is 0. The molecule has 9 aromatic carbocycles. The van der Waals surface area contributed by atoms with Gasteiger partial charge < -0.3 is 13.7 Å². The van der Waals surface area contributed by atoms with E-state index >= 15 is 0 Å². The van der Waals surface area contributed by atoms with Crippen molar-refractivity contribution in [2.45, 2.75) is 0 Å². The van der Waals surface area contributed by atoms with E-state index < -0.39 is 0 Å². The molecule has 0 saturated heterocycles. The summed E-state index contributed by atoms with van der Waals surface area (Å²) in [5.41, 5.74) is 15.1. The summed E-state index contributed by atoms with van der Waals surface area (Å²) in [6, 6.07) is 78.0. The van der Waals surface area contributed by atoms with Crippen molar-refractivity contribution in [2.75, 3.05) is 0 Å². The number of aromatic nitrogens is 6. The molecule has 0 fully saturated rings. The van der Waals surface area contributed by atoms with Gasteiger partial charge in [-0.2, -0.15) is 0 Å². The predicted molar refractivity (Wildman–Crippen MR) is 255 cm³/mol. The molecule has 0 unspecified atom stereocenters. The highest BCUT2D eigenvalue weighted by atomic mass is 15.4. The van der Waals surface area contributed by atoms with Crippen LogP contribution >= 0.6 is 0 Å². The Morgan fingerprint density at radius 2 is 0.823 bits per heavy atom. The Hall–Kier alpha value is -8.48. The Bertz CT molecular complexity index is 3850. The lowest BCUT2D eigenvalue weighted by molar-refractivity contribution is 0.809. The lowest BCUT2D eigenvalue weighted by Crippen LogP contribution is -2.03. The third-order valence-corrected chi connectivity index (χ3v) is 12.5. The van der Waals surface area contributed by atoms with E-state index in [0.29, 0.717) is 0 Å². The molecule has 0 bridgehead atoms.